The van der Waals surface area contributed by atoms with E-state index in [9.17, 15) is 4.79 Å². The Morgan fingerprint density at radius 3 is 2.86 bits per heavy atom. The SMILES string of the molecule is O=C(Nc1ccc(Br)cc1Cl)c1csc(-c2ccsc2)n1. The number of nitrogens with zero attached hydrogens (tertiary/aromatic N) is 1. The fraction of sp³-hybridized carbons (Fsp3) is 0. The maximum Gasteiger partial charge on any atom is 0.275 e. The molecule has 0 atom stereocenters. The molecular weight excluding hydrogens is 392 g/mol. The van der Waals surface area contributed by atoms with Gasteiger partial charge in [0, 0.05) is 20.8 Å². The Hall–Kier alpha value is -1.21. The van der Waals surface area contributed by atoms with Crippen molar-refractivity contribution in [2.45, 2.75) is 0 Å². The van der Waals surface area contributed by atoms with Gasteiger partial charge in [0.25, 0.3) is 5.91 Å². The number of carbonyl (C=O) groups is 1. The fourth-order valence-corrected chi connectivity index (χ4v) is 3.91. The van der Waals surface area contributed by atoms with Crippen molar-refractivity contribution in [2.24, 2.45) is 0 Å². The molecule has 7 heteroatoms. The zero-order valence-electron chi connectivity index (χ0n) is 10.5. The summed E-state index contributed by atoms with van der Waals surface area (Å²) in [7, 11) is 0. The van der Waals surface area contributed by atoms with Crippen LogP contribution in [0.5, 0.6) is 0 Å². The van der Waals surface area contributed by atoms with E-state index in [0.29, 0.717) is 16.4 Å². The molecule has 0 spiro atoms. The molecule has 0 saturated heterocycles. The van der Waals surface area contributed by atoms with E-state index in [1.54, 1.807) is 28.8 Å². The van der Waals surface area contributed by atoms with Gasteiger partial charge in [0.2, 0.25) is 0 Å². The molecule has 3 aromatic rings. The predicted molar refractivity (Wildman–Crippen MR) is 92.5 cm³/mol. The number of nitrogens with one attached hydrogen (secondary N) is 1. The van der Waals surface area contributed by atoms with Crippen LogP contribution < -0.4 is 5.32 Å². The first kappa shape index (κ1) is 14.7. The Morgan fingerprint density at radius 1 is 1.29 bits per heavy atom. The van der Waals surface area contributed by atoms with E-state index in [-0.39, 0.29) is 5.91 Å². The van der Waals surface area contributed by atoms with Crippen molar-refractivity contribution >= 4 is 61.8 Å². The van der Waals surface area contributed by atoms with E-state index < -0.39 is 0 Å². The molecule has 1 amide bonds. The highest BCUT2D eigenvalue weighted by atomic mass is 79.9. The largest absolute Gasteiger partial charge is 0.319 e. The molecule has 0 radical (unpaired) electrons. The Kier molecular flexibility index (Phi) is 4.40. The summed E-state index contributed by atoms with van der Waals surface area (Å²) in [6.07, 6.45) is 0. The normalized spacial score (nSPS) is 10.6. The summed E-state index contributed by atoms with van der Waals surface area (Å²) in [5.74, 6) is -0.267. The second kappa shape index (κ2) is 6.27. The number of thiophene rings is 1. The Labute approximate surface area is 142 Å². The molecule has 3 rings (SSSR count). The summed E-state index contributed by atoms with van der Waals surface area (Å²) < 4.78 is 0.860. The maximum absolute atomic E-state index is 12.2. The molecule has 1 N–H and O–H groups in total. The smallest absolute Gasteiger partial charge is 0.275 e. The van der Waals surface area contributed by atoms with Crippen LogP contribution in [0.4, 0.5) is 5.69 Å². The van der Waals surface area contributed by atoms with Gasteiger partial charge < -0.3 is 5.32 Å². The topological polar surface area (TPSA) is 42.0 Å². The van der Waals surface area contributed by atoms with Crippen molar-refractivity contribution in [3.05, 3.63) is 55.6 Å². The first-order valence-corrected chi connectivity index (χ1v) is 8.87. The van der Waals surface area contributed by atoms with Crippen molar-refractivity contribution in [3.63, 3.8) is 0 Å². The van der Waals surface area contributed by atoms with Gasteiger partial charge in [-0.25, -0.2) is 4.98 Å². The number of amides is 1. The van der Waals surface area contributed by atoms with Gasteiger partial charge in [-0.2, -0.15) is 11.3 Å². The molecule has 0 saturated carbocycles. The molecule has 0 aliphatic heterocycles. The van der Waals surface area contributed by atoms with E-state index in [4.69, 9.17) is 11.6 Å². The van der Waals surface area contributed by atoms with Gasteiger partial charge in [-0.15, -0.1) is 11.3 Å². The molecule has 21 heavy (non-hydrogen) atoms. The zero-order valence-corrected chi connectivity index (χ0v) is 14.4. The molecule has 1 aromatic carbocycles. The predicted octanol–water partition coefficient (Wildman–Crippen LogP) is 5.54. The van der Waals surface area contributed by atoms with Crippen LogP contribution in [0, 0.1) is 0 Å². The van der Waals surface area contributed by atoms with Gasteiger partial charge >= 0.3 is 0 Å². The lowest BCUT2D eigenvalue weighted by molar-refractivity contribution is 0.102. The van der Waals surface area contributed by atoms with E-state index in [1.165, 1.54) is 11.3 Å². The third-order valence-corrected chi connectivity index (χ3v) is 5.06. The van der Waals surface area contributed by atoms with Crippen molar-refractivity contribution in [1.29, 1.82) is 0 Å². The summed E-state index contributed by atoms with van der Waals surface area (Å²) >= 11 is 12.5. The number of halogens is 2. The Balaban J connectivity index is 1.79. The number of anilines is 1. The standard InChI is InChI=1S/C14H8BrClN2OS2/c15-9-1-2-11(10(16)5-9)17-13(19)12-7-21-14(18-12)8-3-4-20-6-8/h1-7H,(H,17,19). The summed E-state index contributed by atoms with van der Waals surface area (Å²) in [4.78, 5) is 16.6. The van der Waals surface area contributed by atoms with E-state index in [1.807, 2.05) is 22.9 Å². The number of carbonyl (C=O) groups excluding carboxylic acids is 1. The Bertz CT molecular complexity index is 786. The molecule has 0 bridgehead atoms. The molecule has 0 unspecified atom stereocenters. The lowest BCUT2D eigenvalue weighted by Gasteiger charge is -2.05. The van der Waals surface area contributed by atoms with Crippen molar-refractivity contribution < 1.29 is 4.79 Å². The van der Waals surface area contributed by atoms with Crippen molar-refractivity contribution in [3.8, 4) is 10.6 Å². The molecular formula is C14H8BrClN2OS2. The minimum Gasteiger partial charge on any atom is -0.319 e. The van der Waals surface area contributed by atoms with E-state index in [0.717, 1.165) is 15.0 Å². The first-order chi connectivity index (χ1) is 10.1. The third-order valence-electron chi connectivity index (χ3n) is 2.68. The van der Waals surface area contributed by atoms with Gasteiger partial charge in [-0.05, 0) is 29.6 Å². The fourth-order valence-electron chi connectivity index (χ4n) is 1.67. The average molecular weight is 400 g/mol. The van der Waals surface area contributed by atoms with Crippen LogP contribution in [-0.4, -0.2) is 10.9 Å². The zero-order chi connectivity index (χ0) is 14.8. The van der Waals surface area contributed by atoms with Gasteiger partial charge in [0.05, 0.1) is 10.7 Å². The summed E-state index contributed by atoms with van der Waals surface area (Å²) in [5.41, 5.74) is 1.99. The number of hydrogen-bond donors (Lipinski definition) is 1. The third kappa shape index (κ3) is 3.35. The average Bonchev–Trinajstić information content (AvgIpc) is 3.10. The number of hydrogen-bond acceptors (Lipinski definition) is 4. The quantitative estimate of drug-likeness (QED) is 0.628. The van der Waals surface area contributed by atoms with E-state index in [2.05, 4.69) is 26.2 Å². The number of rotatable bonds is 3. The molecule has 0 fully saturated rings. The number of aromatic nitrogens is 1. The summed E-state index contributed by atoms with van der Waals surface area (Å²) in [5, 5.41) is 9.82. The second-order valence-electron chi connectivity index (χ2n) is 4.13. The highest BCUT2D eigenvalue weighted by Gasteiger charge is 2.13. The van der Waals surface area contributed by atoms with E-state index >= 15 is 0 Å². The minimum absolute atomic E-state index is 0.267. The lowest BCUT2D eigenvalue weighted by Crippen LogP contribution is -2.12. The highest BCUT2D eigenvalue weighted by molar-refractivity contribution is 9.10. The van der Waals surface area contributed by atoms with Crippen LogP contribution in [-0.2, 0) is 0 Å². The molecule has 0 aliphatic rings. The molecule has 2 aromatic heterocycles. The van der Waals surface area contributed by atoms with Gasteiger partial charge in [-0.3, -0.25) is 4.79 Å². The van der Waals surface area contributed by atoms with Gasteiger partial charge in [0.1, 0.15) is 10.7 Å². The monoisotopic (exact) mass is 398 g/mol. The number of thiazole rings is 1. The lowest BCUT2D eigenvalue weighted by atomic mass is 10.3. The Morgan fingerprint density at radius 2 is 2.14 bits per heavy atom. The molecule has 3 nitrogen and oxygen atoms in total. The second-order valence-corrected chi connectivity index (χ2v) is 7.09. The van der Waals surface area contributed by atoms with Crippen molar-refractivity contribution in [1.82, 2.24) is 4.98 Å². The summed E-state index contributed by atoms with van der Waals surface area (Å²) in [6, 6.07) is 7.28. The van der Waals surface area contributed by atoms with Crippen LogP contribution in [0.3, 0.4) is 0 Å². The van der Waals surface area contributed by atoms with Crippen LogP contribution in [0.25, 0.3) is 10.6 Å². The number of benzene rings is 1. The van der Waals surface area contributed by atoms with Crippen molar-refractivity contribution in [2.75, 3.05) is 5.32 Å². The maximum atomic E-state index is 12.2. The van der Waals surface area contributed by atoms with Crippen LogP contribution in [0.1, 0.15) is 10.5 Å². The first-order valence-electron chi connectivity index (χ1n) is 5.88. The van der Waals surface area contributed by atoms with Crippen LogP contribution >= 0.6 is 50.2 Å². The highest BCUT2D eigenvalue weighted by Crippen LogP contribution is 2.28. The molecule has 0 aliphatic carbocycles. The van der Waals surface area contributed by atoms with Crippen LogP contribution in [0.2, 0.25) is 5.02 Å². The molecule has 106 valence electrons. The van der Waals surface area contributed by atoms with Crippen LogP contribution in [0.15, 0.2) is 44.9 Å². The minimum atomic E-state index is -0.267. The summed E-state index contributed by atoms with van der Waals surface area (Å²) in [6.45, 7) is 0. The van der Waals surface area contributed by atoms with Gasteiger partial charge in [0.15, 0.2) is 0 Å². The molecule has 2 heterocycles. The van der Waals surface area contributed by atoms with Gasteiger partial charge in [-0.1, -0.05) is 27.5 Å².